The molecule has 1 atom stereocenters. The summed E-state index contributed by atoms with van der Waals surface area (Å²) in [7, 11) is 3.16. The number of nitrogens with zero attached hydrogens (tertiary/aromatic N) is 3. The average molecular weight is 475 g/mol. The molecule has 1 N–H and O–H groups in total. The SMILES string of the molecule is COC(=O)c1c(NC(=O)CSc2nnc(C(C)Oc3ccc(C)cc3)n2C)sc(C)c1C. The fourth-order valence-electron chi connectivity index (χ4n) is 3.04. The van der Waals surface area contributed by atoms with E-state index in [4.69, 9.17) is 9.47 Å². The summed E-state index contributed by atoms with van der Waals surface area (Å²) in [6, 6.07) is 7.80. The van der Waals surface area contributed by atoms with E-state index in [0.29, 0.717) is 21.5 Å². The predicted octanol–water partition coefficient (Wildman–Crippen LogP) is 4.46. The van der Waals surface area contributed by atoms with Crippen LogP contribution in [0.25, 0.3) is 0 Å². The van der Waals surface area contributed by atoms with Crippen LogP contribution >= 0.6 is 23.1 Å². The van der Waals surface area contributed by atoms with Gasteiger partial charge < -0.3 is 19.4 Å². The maximum absolute atomic E-state index is 12.5. The molecule has 2 heterocycles. The van der Waals surface area contributed by atoms with Crippen molar-refractivity contribution in [2.75, 3.05) is 18.2 Å². The number of amides is 1. The minimum absolute atomic E-state index is 0.121. The Labute approximate surface area is 195 Å². The normalized spacial score (nSPS) is 11.8. The molecule has 170 valence electrons. The zero-order valence-corrected chi connectivity index (χ0v) is 20.5. The Bertz CT molecular complexity index is 1120. The lowest BCUT2D eigenvalue weighted by molar-refractivity contribution is -0.113. The minimum atomic E-state index is -0.463. The van der Waals surface area contributed by atoms with Gasteiger partial charge in [-0.05, 0) is 45.4 Å². The lowest BCUT2D eigenvalue weighted by Gasteiger charge is -2.14. The highest BCUT2D eigenvalue weighted by atomic mass is 32.2. The molecule has 0 aliphatic carbocycles. The minimum Gasteiger partial charge on any atom is -0.483 e. The van der Waals surface area contributed by atoms with Gasteiger partial charge in [0.05, 0.1) is 18.4 Å². The average Bonchev–Trinajstić information content (AvgIpc) is 3.26. The third kappa shape index (κ3) is 5.31. The van der Waals surface area contributed by atoms with Gasteiger partial charge in [0.15, 0.2) is 17.1 Å². The van der Waals surface area contributed by atoms with Crippen LogP contribution in [0.4, 0.5) is 5.00 Å². The fraction of sp³-hybridized carbons (Fsp3) is 0.364. The molecule has 8 nitrogen and oxygen atoms in total. The number of esters is 1. The van der Waals surface area contributed by atoms with Crippen molar-refractivity contribution < 1.29 is 19.1 Å². The van der Waals surface area contributed by atoms with E-state index in [1.807, 2.05) is 63.6 Å². The van der Waals surface area contributed by atoms with Gasteiger partial charge in [0, 0.05) is 11.9 Å². The van der Waals surface area contributed by atoms with Crippen molar-refractivity contribution in [1.82, 2.24) is 14.8 Å². The van der Waals surface area contributed by atoms with E-state index in [-0.39, 0.29) is 17.8 Å². The van der Waals surface area contributed by atoms with Crippen LogP contribution in [0.15, 0.2) is 29.4 Å². The van der Waals surface area contributed by atoms with E-state index < -0.39 is 5.97 Å². The molecule has 3 rings (SSSR count). The predicted molar refractivity (Wildman–Crippen MR) is 126 cm³/mol. The number of ether oxygens (including phenoxy) is 2. The molecule has 0 fully saturated rings. The van der Waals surface area contributed by atoms with Gasteiger partial charge in [0.25, 0.3) is 0 Å². The van der Waals surface area contributed by atoms with E-state index in [9.17, 15) is 9.59 Å². The van der Waals surface area contributed by atoms with E-state index >= 15 is 0 Å². The van der Waals surface area contributed by atoms with Crippen molar-refractivity contribution in [2.45, 2.75) is 39.0 Å². The third-order valence-electron chi connectivity index (χ3n) is 4.93. The molecule has 0 spiro atoms. The number of aryl methyl sites for hydroxylation is 2. The maximum Gasteiger partial charge on any atom is 0.341 e. The van der Waals surface area contributed by atoms with Gasteiger partial charge in [-0.15, -0.1) is 21.5 Å². The number of rotatable bonds is 8. The van der Waals surface area contributed by atoms with Crippen LogP contribution in [0.2, 0.25) is 0 Å². The second kappa shape index (κ2) is 10.2. The van der Waals surface area contributed by atoms with Crippen molar-refractivity contribution in [2.24, 2.45) is 7.05 Å². The van der Waals surface area contributed by atoms with Crippen molar-refractivity contribution in [1.29, 1.82) is 0 Å². The number of hydrogen-bond donors (Lipinski definition) is 1. The summed E-state index contributed by atoms with van der Waals surface area (Å²) >= 11 is 2.62. The molecule has 0 aliphatic rings. The molecule has 0 saturated carbocycles. The Balaban J connectivity index is 1.63. The van der Waals surface area contributed by atoms with Gasteiger partial charge in [-0.3, -0.25) is 4.79 Å². The molecule has 0 aliphatic heterocycles. The monoisotopic (exact) mass is 474 g/mol. The van der Waals surface area contributed by atoms with Crippen LogP contribution in [0, 0.1) is 20.8 Å². The standard InChI is InChI=1S/C22H26N4O4S2/c1-12-7-9-16(10-8-12)30-14(3)19-24-25-22(26(19)5)31-11-17(27)23-20-18(21(28)29-6)13(2)15(4)32-20/h7-10,14H,11H2,1-6H3,(H,23,27). The Morgan fingerprint density at radius 1 is 1.19 bits per heavy atom. The quantitative estimate of drug-likeness (QED) is 0.380. The first kappa shape index (κ1) is 23.8. The summed E-state index contributed by atoms with van der Waals surface area (Å²) < 4.78 is 12.6. The van der Waals surface area contributed by atoms with Crippen molar-refractivity contribution in [3.63, 3.8) is 0 Å². The fourth-order valence-corrected chi connectivity index (χ4v) is 4.82. The summed E-state index contributed by atoms with van der Waals surface area (Å²) in [4.78, 5) is 25.6. The number of benzene rings is 1. The van der Waals surface area contributed by atoms with Gasteiger partial charge in [0.2, 0.25) is 5.91 Å². The van der Waals surface area contributed by atoms with Crippen LogP contribution in [-0.4, -0.2) is 39.5 Å². The Morgan fingerprint density at radius 3 is 2.53 bits per heavy atom. The topological polar surface area (TPSA) is 95.3 Å². The molecule has 1 aromatic carbocycles. The Kier molecular flexibility index (Phi) is 7.57. The second-order valence-electron chi connectivity index (χ2n) is 7.29. The van der Waals surface area contributed by atoms with E-state index in [1.165, 1.54) is 30.2 Å². The summed E-state index contributed by atoms with van der Waals surface area (Å²) in [5.74, 6) is 0.828. The molecule has 1 unspecified atom stereocenters. The lowest BCUT2D eigenvalue weighted by atomic mass is 10.1. The first-order valence-electron chi connectivity index (χ1n) is 9.94. The largest absolute Gasteiger partial charge is 0.483 e. The van der Waals surface area contributed by atoms with E-state index in [2.05, 4.69) is 15.5 Å². The number of aromatic nitrogens is 3. The van der Waals surface area contributed by atoms with Gasteiger partial charge in [-0.2, -0.15) is 0 Å². The number of thioether (sulfide) groups is 1. The van der Waals surface area contributed by atoms with Crippen molar-refractivity contribution in [3.8, 4) is 5.75 Å². The molecule has 1 amide bonds. The summed E-state index contributed by atoms with van der Waals surface area (Å²) in [5, 5.41) is 12.3. The zero-order valence-electron chi connectivity index (χ0n) is 18.9. The number of methoxy groups -OCH3 is 1. The molecule has 3 aromatic rings. The molecule has 0 saturated heterocycles. The number of carbonyl (C=O) groups is 2. The zero-order chi connectivity index (χ0) is 23.4. The van der Waals surface area contributed by atoms with Crippen LogP contribution in [-0.2, 0) is 16.6 Å². The van der Waals surface area contributed by atoms with Crippen molar-refractivity contribution in [3.05, 3.63) is 51.7 Å². The molecule has 0 bridgehead atoms. The maximum atomic E-state index is 12.5. The van der Waals surface area contributed by atoms with Gasteiger partial charge in [-0.1, -0.05) is 29.5 Å². The molecule has 2 aromatic heterocycles. The second-order valence-corrected chi connectivity index (χ2v) is 9.46. The molecular formula is C22H26N4O4S2. The molecule has 10 heteroatoms. The first-order chi connectivity index (χ1) is 15.2. The molecular weight excluding hydrogens is 448 g/mol. The third-order valence-corrected chi connectivity index (χ3v) is 7.07. The van der Waals surface area contributed by atoms with Crippen LogP contribution in [0.5, 0.6) is 5.75 Å². The number of hydrogen-bond acceptors (Lipinski definition) is 8. The number of carbonyl (C=O) groups excluding carboxylic acids is 2. The summed E-state index contributed by atoms with van der Waals surface area (Å²) in [5.41, 5.74) is 2.37. The highest BCUT2D eigenvalue weighted by Gasteiger charge is 2.22. The Hall–Kier alpha value is -2.85. The van der Waals surface area contributed by atoms with Gasteiger partial charge in [0.1, 0.15) is 10.8 Å². The lowest BCUT2D eigenvalue weighted by Crippen LogP contribution is -2.16. The molecule has 32 heavy (non-hydrogen) atoms. The van der Waals surface area contributed by atoms with Crippen LogP contribution in [0.1, 0.15) is 45.2 Å². The van der Waals surface area contributed by atoms with Gasteiger partial charge >= 0.3 is 5.97 Å². The number of thiophene rings is 1. The highest BCUT2D eigenvalue weighted by molar-refractivity contribution is 7.99. The number of nitrogens with one attached hydrogen (secondary N) is 1. The molecule has 0 radical (unpaired) electrons. The Morgan fingerprint density at radius 2 is 1.88 bits per heavy atom. The van der Waals surface area contributed by atoms with Crippen molar-refractivity contribution >= 4 is 40.0 Å². The van der Waals surface area contributed by atoms with Crippen LogP contribution in [0.3, 0.4) is 0 Å². The summed E-state index contributed by atoms with van der Waals surface area (Å²) in [6.07, 6.45) is -0.307. The van der Waals surface area contributed by atoms with Gasteiger partial charge in [-0.25, -0.2) is 4.79 Å². The van der Waals surface area contributed by atoms with Crippen LogP contribution < -0.4 is 10.1 Å². The smallest absolute Gasteiger partial charge is 0.341 e. The number of anilines is 1. The van der Waals surface area contributed by atoms with E-state index in [1.54, 1.807) is 0 Å². The van der Waals surface area contributed by atoms with E-state index in [0.717, 1.165) is 21.8 Å². The first-order valence-corrected chi connectivity index (χ1v) is 11.7. The highest BCUT2D eigenvalue weighted by Crippen LogP contribution is 2.33. The summed E-state index contributed by atoms with van der Waals surface area (Å²) in [6.45, 7) is 7.66.